The highest BCUT2D eigenvalue weighted by molar-refractivity contribution is 6.06. The summed E-state index contributed by atoms with van der Waals surface area (Å²) in [6.45, 7) is 5.10. The fourth-order valence-corrected chi connectivity index (χ4v) is 4.23. The normalized spacial score (nSPS) is 12.7. The maximum absolute atomic E-state index is 14.1. The Morgan fingerprint density at radius 3 is 2.54 bits per heavy atom. The number of nitrogens with zero attached hydrogens (tertiary/aromatic N) is 1. The summed E-state index contributed by atoms with van der Waals surface area (Å²) in [5, 5.41) is 5.69. The van der Waals surface area contributed by atoms with Crippen molar-refractivity contribution >= 4 is 23.2 Å². The highest BCUT2D eigenvalue weighted by Crippen LogP contribution is 2.30. The summed E-state index contributed by atoms with van der Waals surface area (Å²) in [6.07, 6.45) is 1.59. The highest BCUT2D eigenvalue weighted by atomic mass is 19.1. The van der Waals surface area contributed by atoms with E-state index < -0.39 is 11.7 Å². The lowest BCUT2D eigenvalue weighted by atomic mass is 9.98. The van der Waals surface area contributed by atoms with E-state index in [1.54, 1.807) is 18.2 Å². The Balaban J connectivity index is 1.57. The largest absolute Gasteiger partial charge is 0.382 e. The van der Waals surface area contributed by atoms with Gasteiger partial charge in [0, 0.05) is 44.2 Å². The molecule has 2 amide bonds. The molecule has 2 N–H and O–H groups in total. The predicted molar refractivity (Wildman–Crippen MR) is 135 cm³/mol. The van der Waals surface area contributed by atoms with Crippen molar-refractivity contribution in [2.75, 3.05) is 36.5 Å². The second-order valence-corrected chi connectivity index (χ2v) is 8.41. The van der Waals surface area contributed by atoms with E-state index in [1.807, 2.05) is 25.1 Å². The second-order valence-electron chi connectivity index (χ2n) is 8.41. The lowest BCUT2D eigenvalue weighted by molar-refractivity contribution is 0.0943. The average Bonchev–Trinajstić information content (AvgIpc) is 2.88. The van der Waals surface area contributed by atoms with Gasteiger partial charge in [0.25, 0.3) is 11.8 Å². The van der Waals surface area contributed by atoms with Gasteiger partial charge in [-0.05, 0) is 61.2 Å². The van der Waals surface area contributed by atoms with Crippen LogP contribution >= 0.6 is 0 Å². The van der Waals surface area contributed by atoms with Gasteiger partial charge in [0.2, 0.25) is 0 Å². The van der Waals surface area contributed by atoms with Gasteiger partial charge in [-0.15, -0.1) is 0 Å². The molecule has 182 valence electrons. The van der Waals surface area contributed by atoms with Gasteiger partial charge >= 0.3 is 0 Å². The first-order valence-corrected chi connectivity index (χ1v) is 11.9. The molecule has 0 saturated heterocycles. The molecule has 1 aliphatic heterocycles. The van der Waals surface area contributed by atoms with Crippen molar-refractivity contribution in [2.45, 2.75) is 26.3 Å². The summed E-state index contributed by atoms with van der Waals surface area (Å²) in [6, 6.07) is 19.4. The summed E-state index contributed by atoms with van der Waals surface area (Å²) in [4.78, 5) is 28.0. The van der Waals surface area contributed by atoms with Gasteiger partial charge in [-0.25, -0.2) is 4.39 Å². The predicted octanol–water partition coefficient (Wildman–Crippen LogP) is 4.80. The zero-order chi connectivity index (χ0) is 24.6. The molecule has 0 atom stereocenters. The molecule has 7 heteroatoms. The molecular weight excluding hydrogens is 445 g/mol. The van der Waals surface area contributed by atoms with Crippen LogP contribution in [0.15, 0.2) is 66.7 Å². The van der Waals surface area contributed by atoms with Gasteiger partial charge in [-0.1, -0.05) is 36.4 Å². The number of hydrogen-bond donors (Lipinski definition) is 2. The Labute approximate surface area is 205 Å². The molecule has 35 heavy (non-hydrogen) atoms. The highest BCUT2D eigenvalue weighted by Gasteiger charge is 2.22. The van der Waals surface area contributed by atoms with Crippen molar-refractivity contribution in [3.63, 3.8) is 0 Å². The molecule has 0 aliphatic carbocycles. The van der Waals surface area contributed by atoms with Crippen LogP contribution in [0.2, 0.25) is 0 Å². The minimum Gasteiger partial charge on any atom is -0.382 e. The van der Waals surface area contributed by atoms with E-state index >= 15 is 0 Å². The first-order valence-electron chi connectivity index (χ1n) is 11.9. The second kappa shape index (κ2) is 11.6. The molecule has 0 bridgehead atoms. The van der Waals surface area contributed by atoms with E-state index in [9.17, 15) is 14.0 Å². The average molecular weight is 476 g/mol. The van der Waals surface area contributed by atoms with Crippen LogP contribution in [0.4, 0.5) is 15.8 Å². The lowest BCUT2D eigenvalue weighted by Gasteiger charge is -2.32. The molecule has 4 rings (SSSR count). The van der Waals surface area contributed by atoms with Crippen molar-refractivity contribution in [3.8, 4) is 0 Å². The smallest absolute Gasteiger partial charge is 0.258 e. The van der Waals surface area contributed by atoms with Gasteiger partial charge < -0.3 is 20.3 Å². The fourth-order valence-electron chi connectivity index (χ4n) is 4.23. The van der Waals surface area contributed by atoms with Crippen molar-refractivity contribution < 1.29 is 18.7 Å². The molecule has 1 heterocycles. The van der Waals surface area contributed by atoms with Crippen LogP contribution in [0, 0.1) is 5.82 Å². The monoisotopic (exact) mass is 475 g/mol. The zero-order valence-corrected chi connectivity index (χ0v) is 19.9. The van der Waals surface area contributed by atoms with Crippen LogP contribution in [0.3, 0.4) is 0 Å². The van der Waals surface area contributed by atoms with E-state index in [1.165, 1.54) is 29.3 Å². The molecule has 0 radical (unpaired) electrons. The molecule has 0 saturated carbocycles. The third kappa shape index (κ3) is 6.05. The third-order valence-electron chi connectivity index (χ3n) is 6.04. The van der Waals surface area contributed by atoms with Crippen LogP contribution < -0.4 is 15.5 Å². The number of benzene rings is 3. The number of hydrogen-bond acceptors (Lipinski definition) is 4. The summed E-state index contributed by atoms with van der Waals surface area (Å²) in [7, 11) is 0. The van der Waals surface area contributed by atoms with Crippen LogP contribution in [-0.4, -0.2) is 38.1 Å². The molecule has 3 aromatic carbocycles. The van der Waals surface area contributed by atoms with E-state index in [4.69, 9.17) is 4.74 Å². The Morgan fingerprint density at radius 1 is 0.971 bits per heavy atom. The summed E-state index contributed by atoms with van der Waals surface area (Å²) >= 11 is 0. The Morgan fingerprint density at radius 2 is 1.74 bits per heavy atom. The van der Waals surface area contributed by atoms with E-state index in [0.717, 1.165) is 18.7 Å². The van der Waals surface area contributed by atoms with Crippen molar-refractivity contribution in [2.24, 2.45) is 0 Å². The standard InChI is InChI=1S/C28H30FN3O3/c1-2-35-17-7-15-30-27(33)24-18-22(31-28(34)23-10-5-6-11-25(23)29)12-13-26(24)32-16-14-20-8-3-4-9-21(20)19-32/h3-6,8-13,18H,2,7,14-17,19H2,1H3,(H,30,33)(H,31,34). The zero-order valence-electron chi connectivity index (χ0n) is 19.9. The third-order valence-corrected chi connectivity index (χ3v) is 6.04. The topological polar surface area (TPSA) is 70.7 Å². The minimum atomic E-state index is -0.596. The molecule has 0 unspecified atom stereocenters. The molecule has 1 aliphatic rings. The van der Waals surface area contributed by atoms with Gasteiger partial charge in [0.05, 0.1) is 11.1 Å². The van der Waals surface area contributed by atoms with Crippen molar-refractivity contribution in [1.29, 1.82) is 0 Å². The van der Waals surface area contributed by atoms with Gasteiger partial charge in [0.1, 0.15) is 5.82 Å². The number of anilines is 2. The Bertz CT molecular complexity index is 1200. The van der Waals surface area contributed by atoms with Gasteiger partial charge in [-0.3, -0.25) is 9.59 Å². The Hall–Kier alpha value is -3.71. The van der Waals surface area contributed by atoms with Crippen molar-refractivity contribution in [1.82, 2.24) is 5.32 Å². The summed E-state index contributed by atoms with van der Waals surface area (Å²) < 4.78 is 19.4. The lowest BCUT2D eigenvalue weighted by Crippen LogP contribution is -2.33. The number of carbonyl (C=O) groups excluding carboxylic acids is 2. The van der Waals surface area contributed by atoms with E-state index in [0.29, 0.717) is 44.0 Å². The fraction of sp³-hybridized carbons (Fsp3) is 0.286. The first-order chi connectivity index (χ1) is 17.1. The summed E-state index contributed by atoms with van der Waals surface area (Å²) in [5.41, 5.74) is 4.20. The number of ether oxygens (including phenoxy) is 1. The van der Waals surface area contributed by atoms with E-state index in [-0.39, 0.29) is 11.5 Å². The molecule has 3 aromatic rings. The van der Waals surface area contributed by atoms with Gasteiger partial charge in [-0.2, -0.15) is 0 Å². The number of carbonyl (C=O) groups is 2. The summed E-state index contributed by atoms with van der Waals surface area (Å²) in [5.74, 6) is -1.39. The van der Waals surface area contributed by atoms with Gasteiger partial charge in [0.15, 0.2) is 0 Å². The maximum atomic E-state index is 14.1. The molecular formula is C28H30FN3O3. The maximum Gasteiger partial charge on any atom is 0.258 e. The molecule has 0 fully saturated rings. The number of halogens is 1. The number of rotatable bonds is 9. The minimum absolute atomic E-state index is 0.0499. The van der Waals surface area contributed by atoms with E-state index in [2.05, 4.69) is 27.7 Å². The van der Waals surface area contributed by atoms with Crippen LogP contribution in [0.1, 0.15) is 45.2 Å². The number of nitrogens with one attached hydrogen (secondary N) is 2. The first kappa shape index (κ1) is 24.4. The Kier molecular flexibility index (Phi) is 8.11. The van der Waals surface area contributed by atoms with Crippen LogP contribution in [0.25, 0.3) is 0 Å². The molecule has 0 spiro atoms. The van der Waals surface area contributed by atoms with Crippen LogP contribution in [0.5, 0.6) is 0 Å². The van der Waals surface area contributed by atoms with Crippen LogP contribution in [-0.2, 0) is 17.7 Å². The SMILES string of the molecule is CCOCCCNC(=O)c1cc(NC(=O)c2ccccc2F)ccc1N1CCc2ccccc2C1. The molecule has 0 aromatic heterocycles. The van der Waals surface area contributed by atoms with Crippen molar-refractivity contribution in [3.05, 3.63) is 94.8 Å². The molecule has 6 nitrogen and oxygen atoms in total. The number of fused-ring (bicyclic) bond motifs is 1. The number of amides is 2. The quantitative estimate of drug-likeness (QED) is 0.437.